The number of nitrogens with zero attached hydrogens (tertiary/aromatic N) is 2. The maximum atomic E-state index is 13.2. The third-order valence-electron chi connectivity index (χ3n) is 4.96. The summed E-state index contributed by atoms with van der Waals surface area (Å²) in [5.74, 6) is 0.155. The number of hydrogen-bond acceptors (Lipinski definition) is 5. The lowest BCUT2D eigenvalue weighted by molar-refractivity contribution is 0.0670. The van der Waals surface area contributed by atoms with E-state index in [1.165, 1.54) is 0 Å². The zero-order valence-corrected chi connectivity index (χ0v) is 17.1. The lowest BCUT2D eigenvalue weighted by atomic mass is 10.1. The van der Waals surface area contributed by atoms with Crippen LogP contribution in [0.25, 0.3) is 11.3 Å². The molecule has 0 aliphatic carbocycles. The van der Waals surface area contributed by atoms with Crippen molar-refractivity contribution in [2.75, 3.05) is 11.5 Å². The molecule has 0 bridgehead atoms. The largest absolute Gasteiger partial charge is 0.355 e. The summed E-state index contributed by atoms with van der Waals surface area (Å²) >= 11 is 5.91. The van der Waals surface area contributed by atoms with E-state index in [2.05, 4.69) is 5.16 Å². The van der Waals surface area contributed by atoms with E-state index in [0.29, 0.717) is 23.7 Å². The molecule has 150 valence electrons. The first kappa shape index (κ1) is 19.7. The number of carbonyl (C=O) groups excluding carboxylic acids is 1. The second-order valence-electron chi connectivity index (χ2n) is 7.06. The number of sulfone groups is 1. The summed E-state index contributed by atoms with van der Waals surface area (Å²) in [7, 11) is -3.14. The summed E-state index contributed by atoms with van der Waals surface area (Å²) in [6.45, 7) is 0.309. The molecule has 0 N–H and O–H groups in total. The van der Waals surface area contributed by atoms with Crippen LogP contribution >= 0.6 is 11.6 Å². The minimum absolute atomic E-state index is 0.0343. The zero-order valence-electron chi connectivity index (χ0n) is 15.5. The van der Waals surface area contributed by atoms with Gasteiger partial charge in [0.05, 0.1) is 11.5 Å². The Labute approximate surface area is 174 Å². The van der Waals surface area contributed by atoms with Crippen molar-refractivity contribution < 1.29 is 17.7 Å². The molecule has 1 aliphatic heterocycles. The number of carbonyl (C=O) groups is 1. The summed E-state index contributed by atoms with van der Waals surface area (Å²) in [6.07, 6.45) is 0.419. The van der Waals surface area contributed by atoms with E-state index >= 15 is 0 Å². The Morgan fingerprint density at radius 3 is 2.52 bits per heavy atom. The van der Waals surface area contributed by atoms with Gasteiger partial charge in [0.15, 0.2) is 21.3 Å². The van der Waals surface area contributed by atoms with Gasteiger partial charge in [-0.25, -0.2) is 8.42 Å². The van der Waals surface area contributed by atoms with E-state index in [-0.39, 0.29) is 29.1 Å². The summed E-state index contributed by atoms with van der Waals surface area (Å²) in [5, 5.41) is 4.53. The van der Waals surface area contributed by atoms with Gasteiger partial charge in [-0.15, -0.1) is 0 Å². The number of benzene rings is 2. The number of hydrogen-bond donors (Lipinski definition) is 0. The minimum atomic E-state index is -3.14. The topological polar surface area (TPSA) is 80.5 Å². The standard InChI is InChI=1S/C21H19ClN2O4S/c22-17-8-6-16(7-9-17)20-12-19(23-28-20)21(25)24(13-15-4-2-1-3-5-15)18-10-11-29(26,27)14-18/h1-9,12,18H,10-11,13-14H2. The van der Waals surface area contributed by atoms with Crippen molar-refractivity contribution >= 4 is 27.3 Å². The molecule has 1 atom stereocenters. The Balaban J connectivity index is 1.62. The quantitative estimate of drug-likeness (QED) is 0.614. The Morgan fingerprint density at radius 1 is 1.14 bits per heavy atom. The molecule has 1 aliphatic rings. The monoisotopic (exact) mass is 430 g/mol. The van der Waals surface area contributed by atoms with Crippen LogP contribution in [-0.2, 0) is 16.4 Å². The van der Waals surface area contributed by atoms with Gasteiger partial charge in [0.2, 0.25) is 0 Å². The Kier molecular flexibility index (Phi) is 5.43. The highest BCUT2D eigenvalue weighted by Gasteiger charge is 2.36. The molecule has 0 radical (unpaired) electrons. The molecule has 0 saturated carbocycles. The highest BCUT2D eigenvalue weighted by atomic mass is 35.5. The van der Waals surface area contributed by atoms with Gasteiger partial charge in [0.1, 0.15) is 0 Å². The lowest BCUT2D eigenvalue weighted by Gasteiger charge is -2.27. The van der Waals surface area contributed by atoms with Crippen LogP contribution in [0.1, 0.15) is 22.5 Å². The van der Waals surface area contributed by atoms with Gasteiger partial charge < -0.3 is 9.42 Å². The molecule has 29 heavy (non-hydrogen) atoms. The molecule has 1 saturated heterocycles. The smallest absolute Gasteiger partial charge is 0.276 e. The van der Waals surface area contributed by atoms with Crippen LogP contribution in [-0.4, -0.2) is 41.9 Å². The molecule has 1 amide bonds. The van der Waals surface area contributed by atoms with Crippen LogP contribution in [0, 0.1) is 0 Å². The van der Waals surface area contributed by atoms with Gasteiger partial charge in [-0.2, -0.15) is 0 Å². The minimum Gasteiger partial charge on any atom is -0.355 e. The first-order chi connectivity index (χ1) is 13.9. The van der Waals surface area contributed by atoms with Crippen LogP contribution in [0.5, 0.6) is 0 Å². The Hall–Kier alpha value is -2.64. The number of rotatable bonds is 5. The predicted octanol–water partition coefficient (Wildman–Crippen LogP) is 3.82. The fourth-order valence-corrected chi connectivity index (χ4v) is 5.30. The van der Waals surface area contributed by atoms with Crippen LogP contribution in [0.15, 0.2) is 65.2 Å². The van der Waals surface area contributed by atoms with Crippen molar-refractivity contribution in [1.82, 2.24) is 10.1 Å². The summed E-state index contributed by atoms with van der Waals surface area (Å²) in [4.78, 5) is 14.8. The molecule has 4 rings (SSSR count). The second kappa shape index (κ2) is 8.00. The first-order valence-corrected chi connectivity index (χ1v) is 11.4. The average Bonchev–Trinajstić information content (AvgIpc) is 3.34. The molecule has 2 aromatic carbocycles. The van der Waals surface area contributed by atoms with Gasteiger partial charge in [-0.3, -0.25) is 4.79 Å². The van der Waals surface area contributed by atoms with Crippen molar-refractivity contribution in [3.8, 4) is 11.3 Å². The summed E-state index contributed by atoms with van der Waals surface area (Å²) < 4.78 is 29.3. The van der Waals surface area contributed by atoms with Crippen LogP contribution in [0.2, 0.25) is 5.02 Å². The van der Waals surface area contributed by atoms with Crippen LogP contribution < -0.4 is 0 Å². The molecule has 1 fully saturated rings. The van der Waals surface area contributed by atoms with Crippen molar-refractivity contribution in [3.05, 3.63) is 76.9 Å². The molecule has 0 spiro atoms. The zero-order chi connectivity index (χ0) is 20.4. The summed E-state index contributed by atoms with van der Waals surface area (Å²) in [6, 6.07) is 17.7. The van der Waals surface area contributed by atoms with E-state index < -0.39 is 9.84 Å². The van der Waals surface area contributed by atoms with Crippen molar-refractivity contribution in [3.63, 3.8) is 0 Å². The van der Waals surface area contributed by atoms with Gasteiger partial charge in [-0.1, -0.05) is 47.1 Å². The molecular weight excluding hydrogens is 412 g/mol. The van der Waals surface area contributed by atoms with Gasteiger partial charge in [0.25, 0.3) is 5.91 Å². The van der Waals surface area contributed by atoms with Crippen molar-refractivity contribution in [2.45, 2.75) is 19.0 Å². The van der Waals surface area contributed by atoms with Gasteiger partial charge >= 0.3 is 0 Å². The Morgan fingerprint density at radius 2 is 1.86 bits per heavy atom. The molecule has 2 heterocycles. The maximum absolute atomic E-state index is 13.2. The van der Waals surface area contributed by atoms with Crippen LogP contribution in [0.4, 0.5) is 0 Å². The van der Waals surface area contributed by atoms with Gasteiger partial charge in [-0.05, 0) is 36.2 Å². The molecule has 1 aromatic heterocycles. The van der Waals surface area contributed by atoms with E-state index in [4.69, 9.17) is 16.1 Å². The van der Waals surface area contributed by atoms with Gasteiger partial charge in [0, 0.05) is 29.2 Å². The Bertz CT molecular complexity index is 1110. The highest BCUT2D eigenvalue weighted by Crippen LogP contribution is 2.26. The van der Waals surface area contributed by atoms with E-state index in [9.17, 15) is 13.2 Å². The normalized spacial score (nSPS) is 17.9. The third-order valence-corrected chi connectivity index (χ3v) is 6.97. The number of aromatic nitrogens is 1. The van der Waals surface area contributed by atoms with Crippen molar-refractivity contribution in [1.29, 1.82) is 0 Å². The SMILES string of the molecule is O=C(c1cc(-c2ccc(Cl)cc2)on1)N(Cc1ccccc1)C1CCS(=O)(=O)C1. The molecule has 1 unspecified atom stereocenters. The fourth-order valence-electron chi connectivity index (χ4n) is 3.44. The first-order valence-electron chi connectivity index (χ1n) is 9.19. The maximum Gasteiger partial charge on any atom is 0.276 e. The van der Waals surface area contributed by atoms with E-state index in [1.54, 1.807) is 35.2 Å². The fraction of sp³-hybridized carbons (Fsp3) is 0.238. The van der Waals surface area contributed by atoms with Crippen molar-refractivity contribution in [2.24, 2.45) is 0 Å². The van der Waals surface area contributed by atoms with Crippen LogP contribution in [0.3, 0.4) is 0 Å². The summed E-state index contributed by atoms with van der Waals surface area (Å²) in [5.41, 5.74) is 1.82. The molecule has 3 aromatic rings. The van der Waals surface area contributed by atoms with E-state index in [0.717, 1.165) is 11.1 Å². The predicted molar refractivity (Wildman–Crippen MR) is 110 cm³/mol. The lowest BCUT2D eigenvalue weighted by Crippen LogP contribution is -2.40. The molecular formula is C21H19ClN2O4S. The third kappa shape index (κ3) is 4.52. The molecule has 8 heteroatoms. The van der Waals surface area contributed by atoms with E-state index in [1.807, 2.05) is 30.3 Å². The number of halogens is 1. The average molecular weight is 431 g/mol. The highest BCUT2D eigenvalue weighted by molar-refractivity contribution is 7.91. The molecule has 6 nitrogen and oxygen atoms in total. The number of amides is 1. The second-order valence-corrected chi connectivity index (χ2v) is 9.72.